The van der Waals surface area contributed by atoms with Gasteiger partial charge in [-0.1, -0.05) is 0 Å². The Morgan fingerprint density at radius 3 is 3.08 bits per heavy atom. The molecule has 1 atom stereocenters. The second kappa shape index (κ2) is 6.25. The highest BCUT2D eigenvalue weighted by molar-refractivity contribution is 7.12. The number of fused-ring (bicyclic) bond motifs is 1. The number of aromatic nitrogens is 4. The van der Waals surface area contributed by atoms with Gasteiger partial charge in [0.1, 0.15) is 0 Å². The minimum absolute atomic E-state index is 0.209. The van der Waals surface area contributed by atoms with Crippen LogP contribution in [-0.4, -0.2) is 31.0 Å². The summed E-state index contributed by atoms with van der Waals surface area (Å²) in [7, 11) is 0. The summed E-state index contributed by atoms with van der Waals surface area (Å²) in [5, 5.41) is 7.42. The predicted molar refractivity (Wildman–Crippen MR) is 100 cm³/mol. The summed E-state index contributed by atoms with van der Waals surface area (Å²) in [4.78, 5) is 14.9. The summed E-state index contributed by atoms with van der Waals surface area (Å²) in [6, 6.07) is 6.71. The molecule has 1 N–H and O–H groups in total. The standard InChI is InChI=1S/C18H17N5S2/c1-2-14(23(6-1)18-19-5-9-25-18)10-22-7-3-15-16(21-12-20-15)17(22)13-4-8-24-11-13/h1-2,4-6,8-9,11-12,17H,3,7,10H2,(H,20,21). The van der Waals surface area contributed by atoms with Gasteiger partial charge in [-0.25, -0.2) is 9.97 Å². The average molecular weight is 368 g/mol. The van der Waals surface area contributed by atoms with Gasteiger partial charge in [0.2, 0.25) is 0 Å². The van der Waals surface area contributed by atoms with Gasteiger partial charge in [0.05, 0.1) is 18.1 Å². The lowest BCUT2D eigenvalue weighted by atomic mass is 9.97. The molecule has 5 nitrogen and oxygen atoms in total. The number of thiazole rings is 1. The molecule has 0 aliphatic carbocycles. The number of nitrogens with one attached hydrogen (secondary N) is 1. The van der Waals surface area contributed by atoms with Crippen LogP contribution in [0.4, 0.5) is 0 Å². The first kappa shape index (κ1) is 15.1. The fourth-order valence-electron chi connectivity index (χ4n) is 3.57. The van der Waals surface area contributed by atoms with Crippen molar-refractivity contribution in [3.63, 3.8) is 0 Å². The summed E-state index contributed by atoms with van der Waals surface area (Å²) in [5.41, 5.74) is 5.01. The summed E-state index contributed by atoms with van der Waals surface area (Å²) in [6.45, 7) is 1.89. The number of aromatic amines is 1. The molecule has 5 rings (SSSR count). The molecule has 0 saturated carbocycles. The molecule has 0 saturated heterocycles. The van der Waals surface area contributed by atoms with Crippen LogP contribution in [0.3, 0.4) is 0 Å². The van der Waals surface area contributed by atoms with Crippen LogP contribution in [0.25, 0.3) is 5.13 Å². The van der Waals surface area contributed by atoms with E-state index in [-0.39, 0.29) is 6.04 Å². The molecule has 0 fully saturated rings. The zero-order valence-corrected chi connectivity index (χ0v) is 15.1. The smallest absolute Gasteiger partial charge is 0.193 e. The van der Waals surface area contributed by atoms with E-state index in [1.807, 2.05) is 17.9 Å². The van der Waals surface area contributed by atoms with Crippen LogP contribution in [0, 0.1) is 0 Å². The van der Waals surface area contributed by atoms with Crippen LogP contribution < -0.4 is 0 Å². The molecule has 4 aromatic rings. The van der Waals surface area contributed by atoms with Crippen LogP contribution in [0.15, 0.2) is 53.1 Å². The van der Waals surface area contributed by atoms with Crippen molar-refractivity contribution in [3.8, 4) is 5.13 Å². The maximum atomic E-state index is 4.64. The third kappa shape index (κ3) is 2.64. The molecule has 1 unspecified atom stereocenters. The van der Waals surface area contributed by atoms with Gasteiger partial charge in [0.25, 0.3) is 0 Å². The minimum Gasteiger partial charge on any atom is -0.348 e. The first-order chi connectivity index (χ1) is 12.4. The van der Waals surface area contributed by atoms with E-state index in [9.17, 15) is 0 Å². The fraction of sp³-hybridized carbons (Fsp3) is 0.222. The van der Waals surface area contributed by atoms with Gasteiger partial charge >= 0.3 is 0 Å². The Kier molecular flexibility index (Phi) is 3.77. The van der Waals surface area contributed by atoms with E-state index in [0.717, 1.165) is 30.3 Å². The monoisotopic (exact) mass is 367 g/mol. The van der Waals surface area contributed by atoms with Gasteiger partial charge in [0.15, 0.2) is 5.13 Å². The van der Waals surface area contributed by atoms with Crippen molar-refractivity contribution in [2.45, 2.75) is 19.0 Å². The Morgan fingerprint density at radius 1 is 1.24 bits per heavy atom. The summed E-state index contributed by atoms with van der Waals surface area (Å²) < 4.78 is 2.19. The van der Waals surface area contributed by atoms with Gasteiger partial charge in [-0.15, -0.1) is 11.3 Å². The second-order valence-corrected chi connectivity index (χ2v) is 7.78. The molecule has 0 radical (unpaired) electrons. The third-order valence-electron chi connectivity index (χ3n) is 4.71. The van der Waals surface area contributed by atoms with Crippen LogP contribution >= 0.6 is 22.7 Å². The molecule has 4 aromatic heterocycles. The lowest BCUT2D eigenvalue weighted by Gasteiger charge is -2.34. The van der Waals surface area contributed by atoms with Crippen LogP contribution in [0.1, 0.15) is 28.7 Å². The Bertz CT molecular complexity index is 952. The fourth-order valence-corrected chi connectivity index (χ4v) is 4.90. The van der Waals surface area contributed by atoms with Crippen molar-refractivity contribution in [2.24, 2.45) is 0 Å². The van der Waals surface area contributed by atoms with Crippen molar-refractivity contribution in [2.75, 3.05) is 6.54 Å². The maximum Gasteiger partial charge on any atom is 0.193 e. The van der Waals surface area contributed by atoms with Gasteiger partial charge in [-0.2, -0.15) is 11.3 Å². The quantitative estimate of drug-likeness (QED) is 0.596. The summed E-state index contributed by atoms with van der Waals surface area (Å²) in [6.07, 6.45) is 6.78. The Hall–Kier alpha value is -2.22. The van der Waals surface area contributed by atoms with Crippen molar-refractivity contribution in [1.82, 2.24) is 24.4 Å². The topological polar surface area (TPSA) is 49.7 Å². The highest BCUT2D eigenvalue weighted by atomic mass is 32.1. The molecule has 0 bridgehead atoms. The van der Waals surface area contributed by atoms with Gasteiger partial charge in [-0.05, 0) is 34.5 Å². The van der Waals surface area contributed by atoms with Crippen molar-refractivity contribution < 1.29 is 0 Å². The van der Waals surface area contributed by atoms with E-state index >= 15 is 0 Å². The van der Waals surface area contributed by atoms with E-state index in [1.54, 1.807) is 22.7 Å². The number of H-pyrrole nitrogens is 1. The average Bonchev–Trinajstić information content (AvgIpc) is 3.40. The largest absolute Gasteiger partial charge is 0.348 e. The third-order valence-corrected chi connectivity index (χ3v) is 6.18. The number of nitrogens with zero attached hydrogens (tertiary/aromatic N) is 4. The lowest BCUT2D eigenvalue weighted by molar-refractivity contribution is 0.197. The van der Waals surface area contributed by atoms with Gasteiger partial charge < -0.3 is 4.98 Å². The van der Waals surface area contributed by atoms with Crippen LogP contribution in [0.2, 0.25) is 0 Å². The zero-order valence-electron chi connectivity index (χ0n) is 13.5. The molecule has 7 heteroatoms. The van der Waals surface area contributed by atoms with Crippen molar-refractivity contribution >= 4 is 22.7 Å². The molecule has 5 heterocycles. The summed E-state index contributed by atoms with van der Waals surface area (Å²) in [5.74, 6) is 0. The van der Waals surface area contributed by atoms with E-state index in [1.165, 1.54) is 17.0 Å². The second-order valence-electron chi connectivity index (χ2n) is 6.13. The first-order valence-electron chi connectivity index (χ1n) is 8.24. The predicted octanol–water partition coefficient (Wildman–Crippen LogP) is 3.87. The molecule has 1 aliphatic heterocycles. The van der Waals surface area contributed by atoms with Crippen molar-refractivity contribution in [1.29, 1.82) is 0 Å². The number of imidazole rings is 1. The molecular weight excluding hydrogens is 350 g/mol. The molecule has 25 heavy (non-hydrogen) atoms. The van der Waals surface area contributed by atoms with E-state index < -0.39 is 0 Å². The highest BCUT2D eigenvalue weighted by Gasteiger charge is 2.31. The zero-order chi connectivity index (χ0) is 16.6. The lowest BCUT2D eigenvalue weighted by Crippen LogP contribution is -2.36. The van der Waals surface area contributed by atoms with E-state index in [2.05, 4.69) is 59.6 Å². The van der Waals surface area contributed by atoms with E-state index in [0.29, 0.717) is 0 Å². The molecule has 126 valence electrons. The molecule has 1 aliphatic rings. The van der Waals surface area contributed by atoms with Crippen LogP contribution in [0.5, 0.6) is 0 Å². The minimum atomic E-state index is 0.209. The number of hydrogen-bond acceptors (Lipinski definition) is 5. The molecule has 0 spiro atoms. The SMILES string of the molecule is c1cc(CN2CCc3[nH]cnc3C2c2ccsc2)n(-c2nccs2)c1. The van der Waals surface area contributed by atoms with Crippen molar-refractivity contribution in [3.05, 3.63) is 75.7 Å². The molecular formula is C18H17N5S2. The number of hydrogen-bond donors (Lipinski definition) is 1. The number of rotatable bonds is 4. The van der Waals surface area contributed by atoms with E-state index in [4.69, 9.17) is 0 Å². The van der Waals surface area contributed by atoms with Gasteiger partial charge in [0, 0.05) is 48.7 Å². The number of thiophene rings is 1. The first-order valence-corrected chi connectivity index (χ1v) is 10.1. The Labute approximate surface area is 153 Å². The molecule has 0 aromatic carbocycles. The van der Waals surface area contributed by atoms with Crippen LogP contribution in [-0.2, 0) is 13.0 Å². The Morgan fingerprint density at radius 2 is 2.24 bits per heavy atom. The Balaban J connectivity index is 1.51. The maximum absolute atomic E-state index is 4.64. The molecule has 0 amide bonds. The van der Waals surface area contributed by atoms with Gasteiger partial charge in [-0.3, -0.25) is 9.47 Å². The normalized spacial score (nSPS) is 17.7. The summed E-state index contributed by atoms with van der Waals surface area (Å²) >= 11 is 3.41. The highest BCUT2D eigenvalue weighted by Crippen LogP contribution is 2.35.